The van der Waals surface area contributed by atoms with E-state index < -0.39 is 0 Å². The molecule has 24 heavy (non-hydrogen) atoms. The Labute approximate surface area is 145 Å². The predicted molar refractivity (Wildman–Crippen MR) is 94.9 cm³/mol. The summed E-state index contributed by atoms with van der Waals surface area (Å²) in [6.45, 7) is 6.93. The highest BCUT2D eigenvalue weighted by molar-refractivity contribution is 5.94. The predicted octanol–water partition coefficient (Wildman–Crippen LogP) is 4.32. The van der Waals surface area contributed by atoms with E-state index in [-0.39, 0.29) is 28.6 Å². The number of carbonyl (C=O) groups is 1. The lowest BCUT2D eigenvalue weighted by Crippen LogP contribution is -2.57. The van der Waals surface area contributed by atoms with Gasteiger partial charge in [-0.05, 0) is 75.8 Å². The summed E-state index contributed by atoms with van der Waals surface area (Å²) in [7, 11) is 0. The molecule has 3 fully saturated rings. The van der Waals surface area contributed by atoms with E-state index in [4.69, 9.17) is 4.74 Å². The van der Waals surface area contributed by atoms with Gasteiger partial charge < -0.3 is 10.1 Å². The SMILES string of the molecule is CC1(C)OC23CC(NC(=O)c4ccccc4)CC[C@@]2(C)CCC1C3. The lowest BCUT2D eigenvalue weighted by atomic mass is 9.55. The van der Waals surface area contributed by atoms with Gasteiger partial charge in [-0.15, -0.1) is 0 Å². The molecule has 2 bridgehead atoms. The molecule has 2 aliphatic carbocycles. The van der Waals surface area contributed by atoms with E-state index in [9.17, 15) is 4.79 Å². The van der Waals surface area contributed by atoms with Crippen LogP contribution in [0.4, 0.5) is 0 Å². The Hall–Kier alpha value is -1.35. The first kappa shape index (κ1) is 16.1. The second-order valence-corrected chi connectivity index (χ2v) is 8.98. The fraction of sp³-hybridized carbons (Fsp3) is 0.667. The topological polar surface area (TPSA) is 38.3 Å². The van der Waals surface area contributed by atoms with Crippen molar-refractivity contribution in [3.63, 3.8) is 0 Å². The molecular formula is C21H29NO2. The first-order valence-corrected chi connectivity index (χ1v) is 9.40. The van der Waals surface area contributed by atoms with E-state index in [2.05, 4.69) is 26.1 Å². The van der Waals surface area contributed by atoms with Gasteiger partial charge in [-0.25, -0.2) is 0 Å². The number of benzene rings is 1. The summed E-state index contributed by atoms with van der Waals surface area (Å²) in [6, 6.07) is 9.76. The zero-order chi connectivity index (χ0) is 17.0. The lowest BCUT2D eigenvalue weighted by molar-refractivity contribution is -0.170. The van der Waals surface area contributed by atoms with E-state index in [1.165, 1.54) is 12.8 Å². The molecule has 2 saturated carbocycles. The van der Waals surface area contributed by atoms with Crippen molar-refractivity contribution in [2.45, 2.75) is 76.5 Å². The molecule has 1 saturated heterocycles. The number of ether oxygens (including phenoxy) is 1. The van der Waals surface area contributed by atoms with Crippen LogP contribution >= 0.6 is 0 Å². The molecule has 0 radical (unpaired) electrons. The molecule has 3 unspecified atom stereocenters. The number of nitrogens with one attached hydrogen (secondary N) is 1. The van der Waals surface area contributed by atoms with Crippen LogP contribution in [0.5, 0.6) is 0 Å². The van der Waals surface area contributed by atoms with Gasteiger partial charge in [0.15, 0.2) is 0 Å². The van der Waals surface area contributed by atoms with Crippen LogP contribution in [0.1, 0.15) is 69.7 Å². The summed E-state index contributed by atoms with van der Waals surface area (Å²) in [6.07, 6.45) is 6.88. The summed E-state index contributed by atoms with van der Waals surface area (Å²) in [4.78, 5) is 12.5. The van der Waals surface area contributed by atoms with Crippen molar-refractivity contribution in [3.8, 4) is 0 Å². The molecule has 1 amide bonds. The Kier molecular flexibility index (Phi) is 3.58. The third kappa shape index (κ3) is 2.40. The van der Waals surface area contributed by atoms with Crippen molar-refractivity contribution in [2.75, 3.05) is 0 Å². The fourth-order valence-corrected chi connectivity index (χ4v) is 5.51. The Morgan fingerprint density at radius 2 is 1.79 bits per heavy atom. The summed E-state index contributed by atoms with van der Waals surface area (Å²) in [5, 5.41) is 3.27. The highest BCUT2D eigenvalue weighted by Crippen LogP contribution is 2.63. The molecular weight excluding hydrogens is 298 g/mol. The molecule has 1 aliphatic heterocycles. The van der Waals surface area contributed by atoms with E-state index in [0.717, 1.165) is 31.2 Å². The lowest BCUT2D eigenvalue weighted by Gasteiger charge is -2.53. The number of carbonyl (C=O) groups excluding carboxylic acids is 1. The third-order valence-corrected chi connectivity index (χ3v) is 7.15. The fourth-order valence-electron chi connectivity index (χ4n) is 5.51. The molecule has 130 valence electrons. The van der Waals surface area contributed by atoms with E-state index in [1.807, 2.05) is 30.3 Å². The maximum atomic E-state index is 12.5. The van der Waals surface area contributed by atoms with Crippen LogP contribution in [0.15, 0.2) is 30.3 Å². The van der Waals surface area contributed by atoms with Crippen molar-refractivity contribution in [3.05, 3.63) is 35.9 Å². The van der Waals surface area contributed by atoms with Gasteiger partial charge >= 0.3 is 0 Å². The molecule has 4 atom stereocenters. The molecule has 3 heteroatoms. The summed E-state index contributed by atoms with van der Waals surface area (Å²) >= 11 is 0. The van der Waals surface area contributed by atoms with Gasteiger partial charge in [0.25, 0.3) is 5.91 Å². The highest BCUT2D eigenvalue weighted by Gasteiger charge is 2.64. The number of rotatable bonds is 2. The van der Waals surface area contributed by atoms with Crippen molar-refractivity contribution in [1.29, 1.82) is 0 Å². The zero-order valence-electron chi connectivity index (χ0n) is 15.1. The summed E-state index contributed by atoms with van der Waals surface area (Å²) in [5.41, 5.74) is 0.943. The van der Waals surface area contributed by atoms with Gasteiger partial charge in [-0.2, -0.15) is 0 Å². The Balaban J connectivity index is 1.52. The van der Waals surface area contributed by atoms with Gasteiger partial charge in [0.2, 0.25) is 0 Å². The minimum Gasteiger partial charge on any atom is -0.368 e. The van der Waals surface area contributed by atoms with Gasteiger partial charge in [-0.3, -0.25) is 4.79 Å². The van der Waals surface area contributed by atoms with Crippen LogP contribution < -0.4 is 5.32 Å². The van der Waals surface area contributed by atoms with Crippen molar-refractivity contribution >= 4 is 5.91 Å². The molecule has 1 N–H and O–H groups in total. The molecule has 0 aromatic heterocycles. The van der Waals surface area contributed by atoms with Gasteiger partial charge in [0.05, 0.1) is 11.2 Å². The van der Waals surface area contributed by atoms with E-state index in [1.54, 1.807) is 0 Å². The van der Waals surface area contributed by atoms with E-state index >= 15 is 0 Å². The minimum atomic E-state index is -0.0493. The summed E-state index contributed by atoms with van der Waals surface area (Å²) < 4.78 is 6.73. The molecule has 1 aromatic rings. The third-order valence-electron chi connectivity index (χ3n) is 7.15. The Bertz CT molecular complexity index is 640. The first-order valence-electron chi connectivity index (χ1n) is 9.40. The maximum absolute atomic E-state index is 12.5. The smallest absolute Gasteiger partial charge is 0.251 e. The zero-order valence-corrected chi connectivity index (χ0v) is 15.1. The van der Waals surface area contributed by atoms with Crippen LogP contribution in [0, 0.1) is 11.3 Å². The van der Waals surface area contributed by atoms with Crippen LogP contribution in [-0.4, -0.2) is 23.2 Å². The number of amides is 1. The molecule has 1 heterocycles. The molecule has 4 rings (SSSR count). The normalized spacial score (nSPS) is 40.0. The molecule has 1 aromatic carbocycles. The van der Waals surface area contributed by atoms with Crippen LogP contribution in [-0.2, 0) is 4.74 Å². The Morgan fingerprint density at radius 3 is 2.54 bits per heavy atom. The number of hydrogen-bond acceptors (Lipinski definition) is 2. The average molecular weight is 327 g/mol. The monoisotopic (exact) mass is 327 g/mol. The van der Waals surface area contributed by atoms with Crippen molar-refractivity contribution in [1.82, 2.24) is 5.32 Å². The van der Waals surface area contributed by atoms with Gasteiger partial charge in [0, 0.05) is 11.6 Å². The van der Waals surface area contributed by atoms with Crippen LogP contribution in [0.3, 0.4) is 0 Å². The minimum absolute atomic E-state index is 0.0247. The second-order valence-electron chi connectivity index (χ2n) is 8.98. The standard InChI is InChI=1S/C21H29NO2/c1-19(2)16-9-11-20(3)12-10-17(14-21(20,13-16)24-19)22-18(23)15-7-5-4-6-8-15/h4-8,16-17H,9-14H2,1-3H3,(H,22,23)/t16?,17?,20-,21?/m1/s1. The first-order chi connectivity index (χ1) is 11.3. The van der Waals surface area contributed by atoms with Crippen LogP contribution in [0.2, 0.25) is 0 Å². The average Bonchev–Trinajstić information content (AvgIpc) is 2.77. The maximum Gasteiger partial charge on any atom is 0.251 e. The second kappa shape index (κ2) is 5.32. The number of fused-ring (bicyclic) bond motifs is 1. The molecule has 3 aliphatic rings. The van der Waals surface area contributed by atoms with Crippen molar-refractivity contribution < 1.29 is 9.53 Å². The quantitative estimate of drug-likeness (QED) is 0.878. The van der Waals surface area contributed by atoms with Crippen LogP contribution in [0.25, 0.3) is 0 Å². The van der Waals surface area contributed by atoms with Gasteiger partial charge in [0.1, 0.15) is 0 Å². The molecule has 1 spiro atoms. The summed E-state index contributed by atoms with van der Waals surface area (Å²) in [5.74, 6) is 0.708. The Morgan fingerprint density at radius 1 is 1.08 bits per heavy atom. The van der Waals surface area contributed by atoms with Gasteiger partial charge in [-0.1, -0.05) is 25.1 Å². The van der Waals surface area contributed by atoms with Crippen molar-refractivity contribution in [2.24, 2.45) is 11.3 Å². The number of hydrogen-bond donors (Lipinski definition) is 1. The highest BCUT2D eigenvalue weighted by atomic mass is 16.5. The largest absolute Gasteiger partial charge is 0.368 e. The molecule has 3 nitrogen and oxygen atoms in total. The van der Waals surface area contributed by atoms with E-state index in [0.29, 0.717) is 5.92 Å².